The van der Waals surface area contributed by atoms with Gasteiger partial charge in [-0.2, -0.15) is 0 Å². The minimum atomic E-state index is -0.639. The van der Waals surface area contributed by atoms with Gasteiger partial charge in [0.25, 0.3) is 0 Å². The molecule has 1 heterocycles. The molecule has 33 heavy (non-hydrogen) atoms. The van der Waals surface area contributed by atoms with Crippen LogP contribution in [0.25, 0.3) is 0 Å². The highest BCUT2D eigenvalue weighted by Gasteiger charge is 2.31. The van der Waals surface area contributed by atoms with Crippen LogP contribution >= 0.6 is 0 Å². The van der Waals surface area contributed by atoms with E-state index in [-0.39, 0.29) is 17.6 Å². The van der Waals surface area contributed by atoms with E-state index in [1.807, 2.05) is 0 Å². The van der Waals surface area contributed by atoms with E-state index in [1.54, 1.807) is 43.3 Å². The molecule has 2 N–H and O–H groups in total. The summed E-state index contributed by atoms with van der Waals surface area (Å²) in [5.74, 6) is 1.93. The number of hydrogen-bond acceptors (Lipinski definition) is 4. The number of nitrogens with zero attached hydrogens (tertiary/aromatic N) is 1. The van der Waals surface area contributed by atoms with Gasteiger partial charge in [0, 0.05) is 12.2 Å². The maximum atomic E-state index is 13.0. The summed E-state index contributed by atoms with van der Waals surface area (Å²) in [7, 11) is 0. The van der Waals surface area contributed by atoms with Crippen molar-refractivity contribution < 1.29 is 18.7 Å². The van der Waals surface area contributed by atoms with Crippen LogP contribution in [0.15, 0.2) is 48.5 Å². The summed E-state index contributed by atoms with van der Waals surface area (Å²) < 4.78 is 18.7. The van der Waals surface area contributed by atoms with E-state index >= 15 is 0 Å². The van der Waals surface area contributed by atoms with Gasteiger partial charge in [0.15, 0.2) is 0 Å². The van der Waals surface area contributed by atoms with Crippen LogP contribution in [0.5, 0.6) is 11.5 Å². The Morgan fingerprint density at radius 2 is 1.64 bits per heavy atom. The summed E-state index contributed by atoms with van der Waals surface area (Å²) >= 11 is 0. The summed E-state index contributed by atoms with van der Waals surface area (Å²) in [6.07, 6.45) is 6.43. The number of likely N-dealkylation sites (tertiary alicyclic amines) is 1. The van der Waals surface area contributed by atoms with Crippen molar-refractivity contribution in [2.45, 2.75) is 45.1 Å². The number of anilines is 1. The van der Waals surface area contributed by atoms with Crippen molar-refractivity contribution in [3.05, 3.63) is 54.3 Å². The van der Waals surface area contributed by atoms with Crippen LogP contribution < -0.4 is 15.4 Å². The third kappa shape index (κ3) is 6.54. The molecule has 7 heteroatoms. The van der Waals surface area contributed by atoms with Gasteiger partial charge in [-0.05, 0) is 86.7 Å². The van der Waals surface area contributed by atoms with Gasteiger partial charge in [-0.15, -0.1) is 0 Å². The Morgan fingerprint density at radius 1 is 1.00 bits per heavy atom. The first-order valence-electron chi connectivity index (χ1n) is 11.8. The molecule has 3 atom stereocenters. The number of halogens is 1. The van der Waals surface area contributed by atoms with Gasteiger partial charge in [0.1, 0.15) is 23.4 Å². The van der Waals surface area contributed by atoms with Crippen LogP contribution in [-0.4, -0.2) is 42.4 Å². The predicted octanol–water partition coefficient (Wildman–Crippen LogP) is 4.57. The maximum Gasteiger partial charge on any atom is 0.246 e. The van der Waals surface area contributed by atoms with Crippen molar-refractivity contribution in [2.75, 3.05) is 25.0 Å². The largest absolute Gasteiger partial charge is 0.457 e. The molecule has 2 aromatic rings. The number of carbonyl (C=O) groups excluding carboxylic acids is 2. The minimum absolute atomic E-state index is 0.116. The van der Waals surface area contributed by atoms with Gasteiger partial charge in [0.2, 0.25) is 11.8 Å². The third-order valence-corrected chi connectivity index (χ3v) is 6.68. The highest BCUT2D eigenvalue weighted by molar-refractivity contribution is 5.97. The number of benzene rings is 2. The van der Waals surface area contributed by atoms with Gasteiger partial charge in [-0.25, -0.2) is 4.39 Å². The molecule has 4 rings (SSSR count). The fourth-order valence-electron chi connectivity index (χ4n) is 4.87. The topological polar surface area (TPSA) is 70.7 Å². The first-order valence-corrected chi connectivity index (χ1v) is 11.8. The number of fused-ring (bicyclic) bond motifs is 1. The Morgan fingerprint density at radius 3 is 2.33 bits per heavy atom. The van der Waals surface area contributed by atoms with Gasteiger partial charge >= 0.3 is 0 Å². The Hall–Kier alpha value is -2.93. The number of ether oxygens (including phenoxy) is 1. The van der Waals surface area contributed by atoms with Gasteiger partial charge in [-0.3, -0.25) is 14.5 Å². The van der Waals surface area contributed by atoms with Crippen molar-refractivity contribution in [1.29, 1.82) is 0 Å². The highest BCUT2D eigenvalue weighted by atomic mass is 19.1. The van der Waals surface area contributed by atoms with Crippen molar-refractivity contribution >= 4 is 17.5 Å². The van der Waals surface area contributed by atoms with Crippen molar-refractivity contribution in [3.8, 4) is 11.5 Å². The van der Waals surface area contributed by atoms with Crippen molar-refractivity contribution in [2.24, 2.45) is 11.8 Å². The van der Waals surface area contributed by atoms with E-state index in [0.717, 1.165) is 24.9 Å². The second-order valence-corrected chi connectivity index (χ2v) is 9.19. The lowest BCUT2D eigenvalue weighted by Crippen LogP contribution is -2.49. The molecule has 2 aliphatic rings. The molecular weight excluding hydrogens is 421 g/mol. The zero-order chi connectivity index (χ0) is 23.2. The summed E-state index contributed by atoms with van der Waals surface area (Å²) in [5.41, 5.74) is 0.604. The van der Waals surface area contributed by atoms with Crippen LogP contribution in [0.2, 0.25) is 0 Å². The number of amides is 2. The van der Waals surface area contributed by atoms with Crippen molar-refractivity contribution in [1.82, 2.24) is 10.2 Å². The summed E-state index contributed by atoms with van der Waals surface area (Å²) in [4.78, 5) is 27.3. The summed E-state index contributed by atoms with van der Waals surface area (Å²) in [5, 5.41) is 5.63. The Balaban J connectivity index is 1.21. The zero-order valence-corrected chi connectivity index (χ0v) is 19.1. The quantitative estimate of drug-likeness (QED) is 0.644. The number of piperidine rings is 1. The molecule has 2 fully saturated rings. The van der Waals surface area contributed by atoms with E-state index in [9.17, 15) is 14.0 Å². The van der Waals surface area contributed by atoms with E-state index < -0.39 is 6.04 Å². The van der Waals surface area contributed by atoms with Crippen LogP contribution in [0.4, 0.5) is 10.1 Å². The molecule has 176 valence electrons. The van der Waals surface area contributed by atoms with E-state index in [0.29, 0.717) is 23.7 Å². The van der Waals surface area contributed by atoms with Gasteiger partial charge in [-0.1, -0.05) is 19.3 Å². The molecular formula is C26H32FN3O3. The average molecular weight is 454 g/mol. The van der Waals surface area contributed by atoms with E-state index in [2.05, 4.69) is 15.5 Å². The molecule has 6 nitrogen and oxygen atoms in total. The number of carbonyl (C=O) groups is 2. The number of hydrogen-bond donors (Lipinski definition) is 2. The first kappa shape index (κ1) is 23.2. The first-order chi connectivity index (χ1) is 16.0. The fourth-order valence-corrected chi connectivity index (χ4v) is 4.87. The van der Waals surface area contributed by atoms with Gasteiger partial charge in [0.05, 0.1) is 6.54 Å². The maximum absolute atomic E-state index is 13.0. The second kappa shape index (κ2) is 10.8. The molecule has 1 aliphatic carbocycles. The smallest absolute Gasteiger partial charge is 0.246 e. The Kier molecular flexibility index (Phi) is 7.60. The normalized spacial score (nSPS) is 21.5. The van der Waals surface area contributed by atoms with E-state index in [4.69, 9.17) is 4.74 Å². The summed E-state index contributed by atoms with van der Waals surface area (Å²) in [6, 6.07) is 12.0. The highest BCUT2D eigenvalue weighted by Crippen LogP contribution is 2.35. The monoisotopic (exact) mass is 453 g/mol. The standard InChI is InChI=1S/C26H32FN3O3/c1-18(28-25(31)17-30-15-14-19-4-2-3-5-20(19)16-30)26(32)29-22-8-12-24(13-9-22)33-23-10-6-21(27)7-11-23/h6-13,18-20H,2-5,14-17H2,1H3,(H,28,31)(H,29,32). The second-order valence-electron chi connectivity index (χ2n) is 9.19. The van der Waals surface area contributed by atoms with E-state index in [1.165, 1.54) is 44.2 Å². The molecule has 1 saturated carbocycles. The molecule has 0 bridgehead atoms. The van der Waals surface area contributed by atoms with Crippen LogP contribution in [0.1, 0.15) is 39.0 Å². The molecule has 3 unspecified atom stereocenters. The van der Waals surface area contributed by atoms with Crippen LogP contribution in [0.3, 0.4) is 0 Å². The number of rotatable bonds is 7. The van der Waals surface area contributed by atoms with Crippen molar-refractivity contribution in [3.63, 3.8) is 0 Å². The molecule has 2 aromatic carbocycles. The lowest BCUT2D eigenvalue weighted by Gasteiger charge is -2.41. The number of nitrogens with one attached hydrogen (secondary N) is 2. The third-order valence-electron chi connectivity index (χ3n) is 6.68. The zero-order valence-electron chi connectivity index (χ0n) is 19.1. The molecule has 0 spiro atoms. The van der Waals surface area contributed by atoms with Crippen LogP contribution in [-0.2, 0) is 9.59 Å². The summed E-state index contributed by atoms with van der Waals surface area (Å²) in [6.45, 7) is 3.98. The molecule has 0 aromatic heterocycles. The predicted molar refractivity (Wildman–Crippen MR) is 126 cm³/mol. The Bertz CT molecular complexity index is 948. The molecule has 1 aliphatic heterocycles. The van der Waals surface area contributed by atoms with Gasteiger partial charge < -0.3 is 15.4 Å². The van der Waals surface area contributed by atoms with Crippen LogP contribution in [0, 0.1) is 17.7 Å². The lowest BCUT2D eigenvalue weighted by atomic mass is 9.75. The average Bonchev–Trinajstić information content (AvgIpc) is 2.81. The Labute approximate surface area is 194 Å². The lowest BCUT2D eigenvalue weighted by molar-refractivity contribution is -0.127. The SMILES string of the molecule is CC(NC(=O)CN1CCC2CCCCC2C1)C(=O)Nc1ccc(Oc2ccc(F)cc2)cc1. The minimum Gasteiger partial charge on any atom is -0.457 e. The molecule has 2 amide bonds. The molecule has 0 radical (unpaired) electrons. The fraction of sp³-hybridized carbons (Fsp3) is 0.462. The molecule has 1 saturated heterocycles.